The molecule has 2 amide bonds. The van der Waals surface area contributed by atoms with Crippen molar-refractivity contribution in [1.29, 1.82) is 0 Å². The van der Waals surface area contributed by atoms with Crippen LogP contribution in [-0.4, -0.2) is 54.9 Å². The Morgan fingerprint density at radius 1 is 0.941 bits per heavy atom. The predicted octanol–water partition coefficient (Wildman–Crippen LogP) is 3.82. The van der Waals surface area contributed by atoms with E-state index >= 15 is 0 Å². The fourth-order valence-corrected chi connectivity index (χ4v) is 3.92. The fourth-order valence-electron chi connectivity index (χ4n) is 3.92. The lowest BCUT2D eigenvalue weighted by molar-refractivity contribution is -0.385. The molecule has 3 aromatic rings. The maximum Gasteiger partial charge on any atom is 0.311 e. The van der Waals surface area contributed by atoms with E-state index in [0.717, 1.165) is 11.8 Å². The monoisotopic (exact) mass is 460 g/mol. The minimum Gasteiger partial charge on any atom is -0.490 e. The average Bonchev–Trinajstić information content (AvgIpc) is 2.88. The fraction of sp³-hybridized carbons (Fsp3) is 0.200. The lowest BCUT2D eigenvalue weighted by Crippen LogP contribution is -2.48. The van der Waals surface area contributed by atoms with Crippen LogP contribution in [0.2, 0.25) is 0 Å². The number of nitro benzene ring substituents is 1. The Labute approximate surface area is 196 Å². The van der Waals surface area contributed by atoms with Crippen molar-refractivity contribution < 1.29 is 19.2 Å². The number of hydrogen-bond donors (Lipinski definition) is 1. The van der Waals surface area contributed by atoms with Crippen LogP contribution in [0.4, 0.5) is 17.1 Å². The second-order valence-corrected chi connectivity index (χ2v) is 7.76. The van der Waals surface area contributed by atoms with Crippen molar-refractivity contribution >= 4 is 28.9 Å². The van der Waals surface area contributed by atoms with Crippen molar-refractivity contribution in [3.8, 4) is 5.75 Å². The summed E-state index contributed by atoms with van der Waals surface area (Å²) in [5, 5.41) is 14.0. The van der Waals surface area contributed by atoms with Crippen molar-refractivity contribution in [3.05, 3.63) is 94.0 Å². The summed E-state index contributed by atoms with van der Waals surface area (Å²) in [5.41, 5.74) is 1.62. The molecule has 4 rings (SSSR count). The topological polar surface area (TPSA) is 105 Å². The Hall–Kier alpha value is -4.40. The van der Waals surface area contributed by atoms with Gasteiger partial charge in [-0.2, -0.15) is 0 Å². The molecule has 34 heavy (non-hydrogen) atoms. The van der Waals surface area contributed by atoms with E-state index in [-0.39, 0.29) is 22.9 Å². The van der Waals surface area contributed by atoms with Crippen LogP contribution in [0.15, 0.2) is 72.8 Å². The first-order valence-corrected chi connectivity index (χ1v) is 10.8. The Bertz CT molecular complexity index is 1210. The van der Waals surface area contributed by atoms with Gasteiger partial charge in [-0.05, 0) is 36.4 Å². The molecule has 1 saturated heterocycles. The molecule has 1 N–H and O–H groups in total. The van der Waals surface area contributed by atoms with Crippen LogP contribution in [0, 0.1) is 10.1 Å². The number of anilines is 2. The van der Waals surface area contributed by atoms with Gasteiger partial charge in [0, 0.05) is 43.5 Å². The molecule has 1 aliphatic heterocycles. The van der Waals surface area contributed by atoms with Crippen LogP contribution in [-0.2, 0) is 0 Å². The zero-order chi connectivity index (χ0) is 24.1. The van der Waals surface area contributed by atoms with E-state index in [1.54, 1.807) is 29.2 Å². The molecular formula is C25H24N4O5. The summed E-state index contributed by atoms with van der Waals surface area (Å²) < 4.78 is 4.99. The molecule has 0 radical (unpaired) electrons. The van der Waals surface area contributed by atoms with Gasteiger partial charge in [0.25, 0.3) is 11.8 Å². The van der Waals surface area contributed by atoms with Gasteiger partial charge in [-0.1, -0.05) is 30.3 Å². The Balaban J connectivity index is 1.48. The van der Waals surface area contributed by atoms with E-state index in [2.05, 4.69) is 10.2 Å². The molecular weight excluding hydrogens is 436 g/mol. The van der Waals surface area contributed by atoms with Gasteiger partial charge < -0.3 is 19.9 Å². The third-order valence-electron chi connectivity index (χ3n) is 5.73. The van der Waals surface area contributed by atoms with Crippen molar-refractivity contribution in [2.45, 2.75) is 0 Å². The van der Waals surface area contributed by atoms with Crippen LogP contribution in [0.1, 0.15) is 20.7 Å². The highest BCUT2D eigenvalue weighted by molar-refractivity contribution is 6.09. The summed E-state index contributed by atoms with van der Waals surface area (Å²) in [4.78, 5) is 40.8. The molecule has 0 spiro atoms. The number of carbonyl (C=O) groups excluding carboxylic acids is 2. The summed E-state index contributed by atoms with van der Waals surface area (Å²) in [6.07, 6.45) is 0. The third kappa shape index (κ3) is 4.83. The smallest absolute Gasteiger partial charge is 0.311 e. The molecule has 0 atom stereocenters. The van der Waals surface area contributed by atoms with Crippen molar-refractivity contribution in [1.82, 2.24) is 4.90 Å². The predicted molar refractivity (Wildman–Crippen MR) is 129 cm³/mol. The van der Waals surface area contributed by atoms with E-state index in [9.17, 15) is 19.7 Å². The second-order valence-electron chi connectivity index (χ2n) is 7.76. The Kier molecular flexibility index (Phi) is 6.72. The second kappa shape index (κ2) is 10.0. The quantitative estimate of drug-likeness (QED) is 0.443. The lowest BCUT2D eigenvalue weighted by atomic mass is 10.1. The van der Waals surface area contributed by atoms with Gasteiger partial charge in [0.15, 0.2) is 5.75 Å². The number of amides is 2. The number of para-hydroxylation sites is 2. The van der Waals surface area contributed by atoms with E-state index in [1.165, 1.54) is 19.2 Å². The van der Waals surface area contributed by atoms with Crippen molar-refractivity contribution in [2.24, 2.45) is 0 Å². The Morgan fingerprint density at radius 2 is 1.62 bits per heavy atom. The minimum atomic E-state index is -0.609. The number of nitrogens with one attached hydrogen (secondary N) is 1. The van der Waals surface area contributed by atoms with Crippen molar-refractivity contribution in [3.63, 3.8) is 0 Å². The van der Waals surface area contributed by atoms with E-state index in [0.29, 0.717) is 37.4 Å². The number of methoxy groups -OCH3 is 1. The largest absolute Gasteiger partial charge is 0.490 e. The maximum atomic E-state index is 13.3. The molecule has 9 heteroatoms. The highest BCUT2D eigenvalue weighted by atomic mass is 16.6. The molecule has 1 heterocycles. The molecule has 1 fully saturated rings. The minimum absolute atomic E-state index is 0.0618. The average molecular weight is 460 g/mol. The van der Waals surface area contributed by atoms with Gasteiger partial charge in [0.2, 0.25) is 0 Å². The molecule has 3 aromatic carbocycles. The summed E-state index contributed by atoms with van der Waals surface area (Å²) in [7, 11) is 1.32. The van der Waals surface area contributed by atoms with E-state index in [4.69, 9.17) is 4.74 Å². The molecule has 0 unspecified atom stereocenters. The molecule has 0 aliphatic carbocycles. The zero-order valence-electron chi connectivity index (χ0n) is 18.6. The number of benzene rings is 3. The van der Waals surface area contributed by atoms with Crippen LogP contribution in [0.5, 0.6) is 5.75 Å². The summed E-state index contributed by atoms with van der Waals surface area (Å²) in [6.45, 7) is 2.53. The number of nitro groups is 1. The maximum absolute atomic E-state index is 13.3. The van der Waals surface area contributed by atoms with Crippen molar-refractivity contribution in [2.75, 3.05) is 43.5 Å². The first kappa shape index (κ1) is 22.8. The Morgan fingerprint density at radius 3 is 2.29 bits per heavy atom. The van der Waals surface area contributed by atoms with Gasteiger partial charge in [-0.25, -0.2) is 0 Å². The van der Waals surface area contributed by atoms with Crippen LogP contribution < -0.4 is 15.0 Å². The van der Waals surface area contributed by atoms with Gasteiger partial charge in [0.1, 0.15) is 0 Å². The summed E-state index contributed by atoms with van der Waals surface area (Å²) >= 11 is 0. The molecule has 0 bridgehead atoms. The lowest BCUT2D eigenvalue weighted by Gasteiger charge is -2.36. The number of hydrogen-bond acceptors (Lipinski definition) is 6. The highest BCUT2D eigenvalue weighted by Crippen LogP contribution is 2.28. The molecule has 0 aromatic heterocycles. The van der Waals surface area contributed by atoms with Crippen LogP contribution >= 0.6 is 0 Å². The molecule has 1 aliphatic rings. The summed E-state index contributed by atoms with van der Waals surface area (Å²) in [6, 6.07) is 20.8. The van der Waals surface area contributed by atoms with Crippen LogP contribution in [0.25, 0.3) is 0 Å². The van der Waals surface area contributed by atoms with Crippen LogP contribution in [0.3, 0.4) is 0 Å². The highest BCUT2D eigenvalue weighted by Gasteiger charge is 2.25. The van der Waals surface area contributed by atoms with E-state index < -0.39 is 10.8 Å². The number of ether oxygens (including phenoxy) is 1. The zero-order valence-corrected chi connectivity index (χ0v) is 18.6. The van der Waals surface area contributed by atoms with Gasteiger partial charge >= 0.3 is 5.69 Å². The van der Waals surface area contributed by atoms with E-state index in [1.807, 2.05) is 30.3 Å². The third-order valence-corrected chi connectivity index (χ3v) is 5.73. The normalized spacial score (nSPS) is 13.3. The molecule has 174 valence electrons. The molecule has 9 nitrogen and oxygen atoms in total. The first-order valence-electron chi connectivity index (χ1n) is 10.8. The van der Waals surface area contributed by atoms with Gasteiger partial charge in [0.05, 0.1) is 23.3 Å². The first-order chi connectivity index (χ1) is 16.5. The van der Waals surface area contributed by atoms with Gasteiger partial charge in [-0.15, -0.1) is 0 Å². The molecule has 0 saturated carbocycles. The summed E-state index contributed by atoms with van der Waals surface area (Å²) in [5.74, 6) is -0.670. The standard InChI is InChI=1S/C25H24N4O5/c1-34-23-12-11-18(17-22(23)29(32)33)24(30)26-21-10-6-5-9-20(21)25(31)28-15-13-27(14-16-28)19-7-3-2-4-8-19/h2-12,17H,13-16H2,1H3,(H,26,30). The number of nitrogens with zero attached hydrogens (tertiary/aromatic N) is 3. The SMILES string of the molecule is COc1ccc(C(=O)Nc2ccccc2C(=O)N2CCN(c3ccccc3)CC2)cc1[N+](=O)[O-]. The van der Waals surface area contributed by atoms with Gasteiger partial charge in [-0.3, -0.25) is 19.7 Å². The number of carbonyl (C=O) groups is 2. The number of piperazine rings is 1. The number of rotatable bonds is 6.